The maximum atomic E-state index is 12.6. The first kappa shape index (κ1) is 19.8. The second-order valence-corrected chi connectivity index (χ2v) is 7.99. The predicted octanol–water partition coefficient (Wildman–Crippen LogP) is 0.934. The average molecular weight is 394 g/mol. The fraction of sp³-hybridized carbons (Fsp3) is 0.579. The zero-order valence-corrected chi connectivity index (χ0v) is 16.7. The largest absolute Gasteiger partial charge is 0.497 e. The van der Waals surface area contributed by atoms with E-state index in [1.807, 2.05) is 12.1 Å². The van der Waals surface area contributed by atoms with Crippen molar-refractivity contribution in [3.8, 4) is 5.75 Å². The van der Waals surface area contributed by atoms with Gasteiger partial charge in [0.15, 0.2) is 0 Å². The molecule has 0 N–H and O–H groups in total. The first-order valence-electron chi connectivity index (χ1n) is 9.19. The summed E-state index contributed by atoms with van der Waals surface area (Å²) in [5, 5.41) is -0.264. The highest BCUT2D eigenvalue weighted by molar-refractivity contribution is 8.00. The van der Waals surface area contributed by atoms with Gasteiger partial charge in [-0.2, -0.15) is 0 Å². The van der Waals surface area contributed by atoms with Crippen LogP contribution in [0.25, 0.3) is 0 Å². The minimum atomic E-state index is -0.264. The summed E-state index contributed by atoms with van der Waals surface area (Å²) in [4.78, 5) is 30.7. The summed E-state index contributed by atoms with van der Waals surface area (Å²) >= 11 is 1.57. The molecule has 1 aromatic rings. The van der Waals surface area contributed by atoms with Crippen LogP contribution in [-0.4, -0.2) is 92.7 Å². The van der Waals surface area contributed by atoms with E-state index in [9.17, 15) is 9.59 Å². The molecule has 2 fully saturated rings. The van der Waals surface area contributed by atoms with Gasteiger partial charge in [-0.1, -0.05) is 0 Å². The molecule has 2 aliphatic rings. The van der Waals surface area contributed by atoms with Crippen LogP contribution in [0.1, 0.15) is 0 Å². The minimum absolute atomic E-state index is 0.0992. The summed E-state index contributed by atoms with van der Waals surface area (Å²) in [6.45, 7) is 5.03. The molecule has 3 rings (SSSR count). The van der Waals surface area contributed by atoms with E-state index in [0.717, 1.165) is 37.7 Å². The number of benzene rings is 1. The number of amides is 1. The molecule has 0 bridgehead atoms. The molecule has 148 valence electrons. The van der Waals surface area contributed by atoms with Crippen molar-refractivity contribution in [1.82, 2.24) is 9.80 Å². The first-order chi connectivity index (χ1) is 13.1. The Bertz CT molecular complexity index is 647. The van der Waals surface area contributed by atoms with E-state index >= 15 is 0 Å². The topological polar surface area (TPSA) is 62.3 Å². The van der Waals surface area contributed by atoms with Crippen molar-refractivity contribution in [1.29, 1.82) is 0 Å². The molecule has 0 aromatic heterocycles. The third-order valence-corrected chi connectivity index (χ3v) is 6.21. The lowest BCUT2D eigenvalue weighted by atomic mass is 10.2. The quantitative estimate of drug-likeness (QED) is 0.690. The number of hydrogen-bond acceptors (Lipinski definition) is 7. The van der Waals surface area contributed by atoms with Crippen LogP contribution in [-0.2, 0) is 14.3 Å². The lowest BCUT2D eigenvalue weighted by Crippen LogP contribution is -2.52. The highest BCUT2D eigenvalue weighted by atomic mass is 32.2. The van der Waals surface area contributed by atoms with Gasteiger partial charge in [-0.25, -0.2) is 0 Å². The number of esters is 1. The molecule has 2 saturated heterocycles. The summed E-state index contributed by atoms with van der Waals surface area (Å²) in [5.74, 6) is 1.48. The van der Waals surface area contributed by atoms with Crippen molar-refractivity contribution >= 4 is 29.3 Å². The average Bonchev–Trinajstić information content (AvgIpc) is 2.74. The zero-order valence-electron chi connectivity index (χ0n) is 15.9. The number of carbonyl (C=O) groups excluding carboxylic acids is 2. The summed E-state index contributed by atoms with van der Waals surface area (Å²) in [7, 11) is 3.06. The molecule has 1 amide bonds. The van der Waals surface area contributed by atoms with Crippen molar-refractivity contribution in [2.75, 3.05) is 70.7 Å². The number of nitrogens with zero attached hydrogens (tertiary/aromatic N) is 3. The zero-order chi connectivity index (χ0) is 19.2. The van der Waals surface area contributed by atoms with Gasteiger partial charge in [-0.3, -0.25) is 14.5 Å². The molecule has 2 heterocycles. The van der Waals surface area contributed by atoms with Crippen LogP contribution in [0.2, 0.25) is 0 Å². The Balaban J connectivity index is 1.47. The number of methoxy groups -OCH3 is 2. The molecule has 8 heteroatoms. The minimum Gasteiger partial charge on any atom is -0.497 e. The van der Waals surface area contributed by atoms with Gasteiger partial charge in [-0.05, 0) is 24.3 Å². The standard InChI is InChI=1S/C19H27N3O4S/c1-25-16-5-3-15(4-6-16)21-9-7-20(8-10-21)14-18(23)22-11-12-27-17(13-22)19(24)26-2/h3-6,17H,7-14H2,1-2H3/t17-/m0/s1. The van der Waals surface area contributed by atoms with Gasteiger partial charge < -0.3 is 19.3 Å². The van der Waals surface area contributed by atoms with Gasteiger partial charge in [0, 0.05) is 50.7 Å². The summed E-state index contributed by atoms with van der Waals surface area (Å²) in [6.07, 6.45) is 0. The van der Waals surface area contributed by atoms with Crippen LogP contribution in [0.4, 0.5) is 5.69 Å². The molecule has 0 radical (unpaired) electrons. The molecule has 0 unspecified atom stereocenters. The number of rotatable bonds is 5. The number of carbonyl (C=O) groups is 2. The molecule has 2 aliphatic heterocycles. The lowest BCUT2D eigenvalue weighted by Gasteiger charge is -2.37. The van der Waals surface area contributed by atoms with E-state index in [4.69, 9.17) is 9.47 Å². The Labute approximate surface area is 164 Å². The maximum Gasteiger partial charge on any atom is 0.320 e. The maximum absolute atomic E-state index is 12.6. The second-order valence-electron chi connectivity index (χ2n) is 6.68. The van der Waals surface area contributed by atoms with Crippen molar-refractivity contribution in [2.45, 2.75) is 5.25 Å². The van der Waals surface area contributed by atoms with E-state index in [0.29, 0.717) is 19.6 Å². The molecule has 0 aliphatic carbocycles. The number of anilines is 1. The molecule has 0 saturated carbocycles. The van der Waals surface area contributed by atoms with Crippen molar-refractivity contribution < 1.29 is 19.1 Å². The van der Waals surface area contributed by atoms with Crippen LogP contribution in [0.15, 0.2) is 24.3 Å². The van der Waals surface area contributed by atoms with Crippen LogP contribution in [0.3, 0.4) is 0 Å². The number of ether oxygens (including phenoxy) is 2. The number of hydrogen-bond donors (Lipinski definition) is 0. The summed E-state index contributed by atoms with van der Waals surface area (Å²) < 4.78 is 10.0. The van der Waals surface area contributed by atoms with Crippen LogP contribution in [0, 0.1) is 0 Å². The molecule has 1 aromatic carbocycles. The van der Waals surface area contributed by atoms with Crippen molar-refractivity contribution in [3.63, 3.8) is 0 Å². The van der Waals surface area contributed by atoms with Gasteiger partial charge in [0.1, 0.15) is 11.0 Å². The molecule has 27 heavy (non-hydrogen) atoms. The van der Waals surface area contributed by atoms with E-state index < -0.39 is 0 Å². The van der Waals surface area contributed by atoms with Crippen molar-refractivity contribution in [3.05, 3.63) is 24.3 Å². The Morgan fingerprint density at radius 2 is 1.78 bits per heavy atom. The van der Waals surface area contributed by atoms with Gasteiger partial charge in [0.25, 0.3) is 0 Å². The van der Waals surface area contributed by atoms with E-state index in [2.05, 4.69) is 21.9 Å². The Hall–Kier alpha value is -1.93. The van der Waals surface area contributed by atoms with Gasteiger partial charge >= 0.3 is 5.97 Å². The van der Waals surface area contributed by atoms with Crippen LogP contribution in [0.5, 0.6) is 5.75 Å². The van der Waals surface area contributed by atoms with Crippen molar-refractivity contribution in [2.24, 2.45) is 0 Å². The molecule has 1 atom stereocenters. The van der Waals surface area contributed by atoms with E-state index in [-0.39, 0.29) is 17.1 Å². The van der Waals surface area contributed by atoms with E-state index in [1.165, 1.54) is 12.8 Å². The number of piperazine rings is 1. The third kappa shape index (κ3) is 5.07. The SMILES string of the molecule is COC(=O)[C@@H]1CN(C(=O)CN2CCN(c3ccc(OC)cc3)CC2)CCS1. The predicted molar refractivity (Wildman–Crippen MR) is 106 cm³/mol. The van der Waals surface area contributed by atoms with E-state index in [1.54, 1.807) is 23.8 Å². The summed E-state index contributed by atoms with van der Waals surface area (Å²) in [5.41, 5.74) is 1.18. The normalized spacial score (nSPS) is 21.0. The second kappa shape index (κ2) is 9.32. The molecule has 0 spiro atoms. The Kier molecular flexibility index (Phi) is 6.84. The highest BCUT2D eigenvalue weighted by Gasteiger charge is 2.30. The molecule has 7 nitrogen and oxygen atoms in total. The Morgan fingerprint density at radius 3 is 2.41 bits per heavy atom. The fourth-order valence-corrected chi connectivity index (χ4v) is 4.53. The fourth-order valence-electron chi connectivity index (χ4n) is 3.40. The summed E-state index contributed by atoms with van der Waals surface area (Å²) in [6, 6.07) is 8.07. The smallest absolute Gasteiger partial charge is 0.320 e. The monoisotopic (exact) mass is 393 g/mol. The number of thioether (sulfide) groups is 1. The van der Waals surface area contributed by atoms with Crippen LogP contribution < -0.4 is 9.64 Å². The molecular formula is C19H27N3O4S. The third-order valence-electron chi connectivity index (χ3n) is 5.05. The highest BCUT2D eigenvalue weighted by Crippen LogP contribution is 2.22. The van der Waals surface area contributed by atoms with Gasteiger partial charge in [-0.15, -0.1) is 11.8 Å². The molecular weight excluding hydrogens is 366 g/mol. The lowest BCUT2D eigenvalue weighted by molar-refractivity contribution is -0.141. The van der Waals surface area contributed by atoms with Gasteiger partial charge in [0.05, 0.1) is 20.8 Å². The van der Waals surface area contributed by atoms with Crippen LogP contribution >= 0.6 is 11.8 Å². The van der Waals surface area contributed by atoms with Gasteiger partial charge in [0.2, 0.25) is 5.91 Å². The first-order valence-corrected chi connectivity index (χ1v) is 10.2. The Morgan fingerprint density at radius 1 is 1.07 bits per heavy atom.